The SMILES string of the molecule is CN(C(=O)c1ccccc1)[C@@H]1CCS(=O)(=O)C1. The van der Waals surface area contributed by atoms with Gasteiger partial charge in [-0.1, -0.05) is 18.2 Å². The molecule has 4 nitrogen and oxygen atoms in total. The monoisotopic (exact) mass is 253 g/mol. The minimum absolute atomic E-state index is 0.0854. The van der Waals surface area contributed by atoms with E-state index < -0.39 is 9.84 Å². The van der Waals surface area contributed by atoms with Crippen molar-refractivity contribution in [1.82, 2.24) is 4.90 Å². The second-order valence-electron chi connectivity index (χ2n) is 4.34. The van der Waals surface area contributed by atoms with E-state index in [1.807, 2.05) is 6.07 Å². The molecule has 0 radical (unpaired) electrons. The van der Waals surface area contributed by atoms with Crippen LogP contribution in [0.15, 0.2) is 30.3 Å². The van der Waals surface area contributed by atoms with Gasteiger partial charge in [0.15, 0.2) is 9.84 Å². The first-order valence-electron chi connectivity index (χ1n) is 5.52. The number of rotatable bonds is 2. The van der Waals surface area contributed by atoms with Gasteiger partial charge in [0, 0.05) is 18.7 Å². The van der Waals surface area contributed by atoms with Crippen molar-refractivity contribution in [3.63, 3.8) is 0 Å². The van der Waals surface area contributed by atoms with Crippen LogP contribution in [0, 0.1) is 0 Å². The number of sulfone groups is 1. The van der Waals surface area contributed by atoms with Crippen LogP contribution in [-0.2, 0) is 9.84 Å². The highest BCUT2D eigenvalue weighted by atomic mass is 32.2. The Morgan fingerprint density at radius 1 is 1.29 bits per heavy atom. The fraction of sp³-hybridized carbons (Fsp3) is 0.417. The van der Waals surface area contributed by atoms with E-state index in [2.05, 4.69) is 0 Å². The summed E-state index contributed by atoms with van der Waals surface area (Å²) in [6, 6.07) is 8.73. The molecule has 1 aromatic rings. The first-order chi connectivity index (χ1) is 7.99. The molecule has 1 amide bonds. The first kappa shape index (κ1) is 12.1. The number of hydrogen-bond acceptors (Lipinski definition) is 3. The molecule has 2 rings (SSSR count). The van der Waals surface area contributed by atoms with Gasteiger partial charge < -0.3 is 4.90 Å². The Morgan fingerprint density at radius 3 is 2.47 bits per heavy atom. The fourth-order valence-electron chi connectivity index (χ4n) is 2.03. The third-order valence-electron chi connectivity index (χ3n) is 3.10. The smallest absolute Gasteiger partial charge is 0.253 e. The lowest BCUT2D eigenvalue weighted by Gasteiger charge is -2.23. The number of benzene rings is 1. The average molecular weight is 253 g/mol. The summed E-state index contributed by atoms with van der Waals surface area (Å²) in [6.07, 6.45) is 0.539. The van der Waals surface area contributed by atoms with Crippen LogP contribution in [0.4, 0.5) is 0 Å². The number of nitrogens with zero attached hydrogens (tertiary/aromatic N) is 1. The summed E-state index contributed by atoms with van der Waals surface area (Å²) in [5.74, 6) is 0.152. The molecule has 0 N–H and O–H groups in total. The second-order valence-corrected chi connectivity index (χ2v) is 6.57. The zero-order valence-electron chi connectivity index (χ0n) is 9.67. The summed E-state index contributed by atoms with van der Waals surface area (Å²) in [5, 5.41) is 0. The van der Waals surface area contributed by atoms with Gasteiger partial charge in [0.1, 0.15) is 0 Å². The number of carbonyl (C=O) groups is 1. The fourth-order valence-corrected chi connectivity index (χ4v) is 3.81. The Hall–Kier alpha value is -1.36. The summed E-state index contributed by atoms with van der Waals surface area (Å²) < 4.78 is 22.7. The van der Waals surface area contributed by atoms with Crippen molar-refractivity contribution in [2.45, 2.75) is 12.5 Å². The van der Waals surface area contributed by atoms with Crippen molar-refractivity contribution in [1.29, 1.82) is 0 Å². The standard InChI is InChI=1S/C12H15NO3S/c1-13(11-7-8-17(15,16)9-11)12(14)10-5-3-2-4-6-10/h2-6,11H,7-9H2,1H3/t11-/m1/s1. The molecule has 1 aromatic carbocycles. The third kappa shape index (κ3) is 2.66. The molecule has 1 fully saturated rings. The maximum Gasteiger partial charge on any atom is 0.253 e. The van der Waals surface area contributed by atoms with Crippen LogP contribution in [0.25, 0.3) is 0 Å². The van der Waals surface area contributed by atoms with Crippen molar-refractivity contribution in [2.75, 3.05) is 18.6 Å². The topological polar surface area (TPSA) is 54.5 Å². The van der Waals surface area contributed by atoms with Crippen molar-refractivity contribution < 1.29 is 13.2 Å². The van der Waals surface area contributed by atoms with Crippen molar-refractivity contribution >= 4 is 15.7 Å². The van der Waals surface area contributed by atoms with Crippen molar-refractivity contribution in [2.24, 2.45) is 0 Å². The van der Waals surface area contributed by atoms with Crippen LogP contribution < -0.4 is 0 Å². The lowest BCUT2D eigenvalue weighted by atomic mass is 10.1. The van der Waals surface area contributed by atoms with Crippen molar-refractivity contribution in [3.8, 4) is 0 Å². The summed E-state index contributed by atoms with van der Waals surface area (Å²) >= 11 is 0. The summed E-state index contributed by atoms with van der Waals surface area (Å²) in [6.45, 7) is 0. The molecule has 0 unspecified atom stereocenters. The molecule has 0 aliphatic carbocycles. The maximum atomic E-state index is 12.1. The molecule has 17 heavy (non-hydrogen) atoms. The van der Waals surface area contributed by atoms with E-state index in [4.69, 9.17) is 0 Å². The zero-order chi connectivity index (χ0) is 12.5. The maximum absolute atomic E-state index is 12.1. The predicted octanol–water partition coefficient (Wildman–Crippen LogP) is 0.946. The largest absolute Gasteiger partial charge is 0.338 e. The number of hydrogen-bond donors (Lipinski definition) is 0. The average Bonchev–Trinajstić information content (AvgIpc) is 2.69. The molecule has 1 aliphatic rings. The van der Waals surface area contributed by atoms with Crippen LogP contribution in [0.5, 0.6) is 0 Å². The predicted molar refractivity (Wildman–Crippen MR) is 65.6 cm³/mol. The molecule has 1 heterocycles. The summed E-state index contributed by atoms with van der Waals surface area (Å²) in [5.41, 5.74) is 0.597. The molecule has 1 saturated heterocycles. The minimum Gasteiger partial charge on any atom is -0.338 e. The molecule has 0 saturated carbocycles. The van der Waals surface area contributed by atoms with Gasteiger partial charge in [-0.05, 0) is 18.6 Å². The summed E-state index contributed by atoms with van der Waals surface area (Å²) in [7, 11) is -1.28. The van der Waals surface area contributed by atoms with Gasteiger partial charge in [-0.25, -0.2) is 8.42 Å². The third-order valence-corrected chi connectivity index (χ3v) is 4.85. The zero-order valence-corrected chi connectivity index (χ0v) is 10.5. The van der Waals surface area contributed by atoms with Gasteiger partial charge in [0.05, 0.1) is 11.5 Å². The van der Waals surface area contributed by atoms with E-state index in [9.17, 15) is 13.2 Å². The molecular formula is C12H15NO3S. The second kappa shape index (κ2) is 4.49. The molecule has 0 spiro atoms. The normalized spacial score (nSPS) is 22.3. The number of carbonyl (C=O) groups excluding carboxylic acids is 1. The molecule has 1 atom stereocenters. The van der Waals surface area contributed by atoms with Gasteiger partial charge in [0.2, 0.25) is 0 Å². The van der Waals surface area contributed by atoms with E-state index in [1.165, 1.54) is 0 Å². The molecule has 1 aliphatic heterocycles. The van der Waals surface area contributed by atoms with Crippen LogP contribution >= 0.6 is 0 Å². The quantitative estimate of drug-likeness (QED) is 0.788. The molecule has 0 aromatic heterocycles. The Labute approximate surface area is 101 Å². The van der Waals surface area contributed by atoms with Gasteiger partial charge in [-0.2, -0.15) is 0 Å². The summed E-state index contributed by atoms with van der Waals surface area (Å²) in [4.78, 5) is 13.6. The van der Waals surface area contributed by atoms with E-state index in [1.54, 1.807) is 36.2 Å². The van der Waals surface area contributed by atoms with Gasteiger partial charge in [-0.15, -0.1) is 0 Å². The molecule has 5 heteroatoms. The highest BCUT2D eigenvalue weighted by molar-refractivity contribution is 7.91. The van der Waals surface area contributed by atoms with Crippen LogP contribution in [0.3, 0.4) is 0 Å². The van der Waals surface area contributed by atoms with Gasteiger partial charge >= 0.3 is 0 Å². The van der Waals surface area contributed by atoms with E-state index in [0.29, 0.717) is 12.0 Å². The Morgan fingerprint density at radius 2 is 1.94 bits per heavy atom. The molecular weight excluding hydrogens is 238 g/mol. The lowest BCUT2D eigenvalue weighted by Crippen LogP contribution is -2.37. The first-order valence-corrected chi connectivity index (χ1v) is 7.34. The molecule has 0 bridgehead atoms. The minimum atomic E-state index is -2.95. The highest BCUT2D eigenvalue weighted by Gasteiger charge is 2.32. The van der Waals surface area contributed by atoms with Crippen molar-refractivity contribution in [3.05, 3.63) is 35.9 Å². The Balaban J connectivity index is 2.11. The van der Waals surface area contributed by atoms with Crippen LogP contribution in [-0.4, -0.2) is 43.8 Å². The van der Waals surface area contributed by atoms with Gasteiger partial charge in [0.25, 0.3) is 5.91 Å². The number of amides is 1. The van der Waals surface area contributed by atoms with E-state index >= 15 is 0 Å². The Kier molecular flexibility index (Phi) is 3.19. The lowest BCUT2D eigenvalue weighted by molar-refractivity contribution is 0.0747. The van der Waals surface area contributed by atoms with Crippen LogP contribution in [0.2, 0.25) is 0 Å². The Bertz CT molecular complexity index is 510. The van der Waals surface area contributed by atoms with Crippen LogP contribution in [0.1, 0.15) is 16.8 Å². The van der Waals surface area contributed by atoms with E-state index in [0.717, 1.165) is 0 Å². The molecule has 92 valence electrons. The highest BCUT2D eigenvalue weighted by Crippen LogP contribution is 2.18. The van der Waals surface area contributed by atoms with E-state index in [-0.39, 0.29) is 23.5 Å². The van der Waals surface area contributed by atoms with Gasteiger partial charge in [-0.3, -0.25) is 4.79 Å².